The number of aromatic hydroxyl groups is 1. The van der Waals surface area contributed by atoms with Crippen LogP contribution in [-0.2, 0) is 0 Å². The predicted octanol–water partition coefficient (Wildman–Crippen LogP) is 0.912. The van der Waals surface area contributed by atoms with Crippen LogP contribution in [0.5, 0.6) is 5.88 Å². The van der Waals surface area contributed by atoms with Gasteiger partial charge in [-0.1, -0.05) is 11.8 Å². The van der Waals surface area contributed by atoms with Crippen LogP contribution < -0.4 is 11.5 Å². The lowest BCUT2D eigenvalue weighted by atomic mass is 10.5. The van der Waals surface area contributed by atoms with Crippen molar-refractivity contribution in [3.8, 4) is 5.88 Å². The van der Waals surface area contributed by atoms with Gasteiger partial charge in [-0.15, -0.1) is 24.8 Å². The van der Waals surface area contributed by atoms with Crippen LogP contribution in [0.2, 0.25) is 0 Å². The van der Waals surface area contributed by atoms with Gasteiger partial charge in [0.1, 0.15) is 5.69 Å². The zero-order valence-corrected chi connectivity index (χ0v) is 9.17. The van der Waals surface area contributed by atoms with Crippen molar-refractivity contribution in [1.82, 2.24) is 9.97 Å². The smallest absolute Gasteiger partial charge is 0.241 e. The van der Waals surface area contributed by atoms with Crippen LogP contribution in [0.25, 0.3) is 0 Å². The molecular formula is C5H10Cl2N4OS. The van der Waals surface area contributed by atoms with Crippen molar-refractivity contribution < 1.29 is 5.11 Å². The average Bonchev–Trinajstić information content (AvgIpc) is 1.99. The molecule has 1 aromatic heterocycles. The third kappa shape index (κ3) is 3.33. The Morgan fingerprint density at radius 1 is 1.23 bits per heavy atom. The summed E-state index contributed by atoms with van der Waals surface area (Å²) in [5, 5.41) is 9.45. The average molecular weight is 245 g/mol. The highest BCUT2D eigenvalue weighted by molar-refractivity contribution is 7.98. The first-order chi connectivity index (χ1) is 5.15. The fourth-order valence-electron chi connectivity index (χ4n) is 0.545. The van der Waals surface area contributed by atoms with Gasteiger partial charge in [-0.25, -0.2) is 4.98 Å². The van der Waals surface area contributed by atoms with E-state index < -0.39 is 0 Å². The van der Waals surface area contributed by atoms with Crippen molar-refractivity contribution in [3.05, 3.63) is 0 Å². The lowest BCUT2D eigenvalue weighted by Crippen LogP contribution is -2.01. The molecule has 0 fully saturated rings. The fourth-order valence-corrected chi connectivity index (χ4v) is 0.912. The summed E-state index contributed by atoms with van der Waals surface area (Å²) in [6.45, 7) is 0. The van der Waals surface area contributed by atoms with Crippen LogP contribution in [0.3, 0.4) is 0 Å². The second kappa shape index (κ2) is 5.95. The Balaban J connectivity index is 0. The van der Waals surface area contributed by atoms with E-state index in [9.17, 15) is 0 Å². The predicted molar refractivity (Wildman–Crippen MR) is 58.8 cm³/mol. The first-order valence-corrected chi connectivity index (χ1v) is 4.03. The molecule has 0 aliphatic heterocycles. The molecule has 0 saturated carbocycles. The number of nitrogen functional groups attached to an aromatic ring is 2. The number of rotatable bonds is 1. The summed E-state index contributed by atoms with van der Waals surface area (Å²) in [5.41, 5.74) is 10.7. The van der Waals surface area contributed by atoms with Gasteiger partial charge in [0.15, 0.2) is 11.0 Å². The Labute approximate surface area is 92.1 Å². The van der Waals surface area contributed by atoms with Gasteiger partial charge in [0.2, 0.25) is 5.88 Å². The Kier molecular flexibility index (Phi) is 6.83. The molecule has 0 aliphatic carbocycles. The Hall–Kier alpha value is -0.590. The van der Waals surface area contributed by atoms with Crippen LogP contribution >= 0.6 is 36.6 Å². The first kappa shape index (κ1) is 14.9. The van der Waals surface area contributed by atoms with E-state index in [1.165, 1.54) is 11.8 Å². The van der Waals surface area contributed by atoms with Crippen LogP contribution in [0, 0.1) is 0 Å². The number of nitrogens with two attached hydrogens (primary N) is 2. The van der Waals surface area contributed by atoms with Gasteiger partial charge < -0.3 is 16.6 Å². The summed E-state index contributed by atoms with van der Waals surface area (Å²) >= 11 is 1.29. The maximum absolute atomic E-state index is 9.04. The molecule has 0 bridgehead atoms. The SMILES string of the molecule is CSc1nc(N)c(N)c(O)n1.Cl.Cl. The molecule has 1 rings (SSSR count). The Morgan fingerprint density at radius 2 is 1.77 bits per heavy atom. The van der Waals surface area contributed by atoms with Crippen molar-refractivity contribution in [2.45, 2.75) is 5.16 Å². The minimum absolute atomic E-state index is 0. The van der Waals surface area contributed by atoms with Gasteiger partial charge in [0.25, 0.3) is 0 Å². The molecular weight excluding hydrogens is 235 g/mol. The van der Waals surface area contributed by atoms with E-state index in [4.69, 9.17) is 16.6 Å². The number of thioether (sulfide) groups is 1. The van der Waals surface area contributed by atoms with E-state index >= 15 is 0 Å². The van der Waals surface area contributed by atoms with E-state index in [0.717, 1.165) is 0 Å². The molecule has 1 heterocycles. The van der Waals surface area contributed by atoms with Crippen LogP contribution in [-0.4, -0.2) is 21.3 Å². The molecule has 13 heavy (non-hydrogen) atoms. The van der Waals surface area contributed by atoms with Crippen LogP contribution in [0.1, 0.15) is 0 Å². The number of hydrogen-bond donors (Lipinski definition) is 3. The lowest BCUT2D eigenvalue weighted by Gasteiger charge is -2.01. The highest BCUT2D eigenvalue weighted by Gasteiger charge is 2.06. The molecule has 5 N–H and O–H groups in total. The van der Waals surface area contributed by atoms with Gasteiger partial charge in [-0.05, 0) is 6.26 Å². The van der Waals surface area contributed by atoms with Gasteiger partial charge in [-0.3, -0.25) is 0 Å². The zero-order valence-electron chi connectivity index (χ0n) is 6.72. The normalized spacial score (nSPS) is 8.38. The molecule has 0 atom stereocenters. The van der Waals surface area contributed by atoms with E-state index in [0.29, 0.717) is 5.16 Å². The molecule has 76 valence electrons. The minimum atomic E-state index is -0.262. The molecule has 0 unspecified atom stereocenters. The van der Waals surface area contributed by atoms with Gasteiger partial charge in [0, 0.05) is 0 Å². The number of anilines is 2. The topological polar surface area (TPSA) is 98.0 Å². The highest BCUT2D eigenvalue weighted by atomic mass is 35.5. The second-order valence-electron chi connectivity index (χ2n) is 1.83. The third-order valence-electron chi connectivity index (χ3n) is 1.12. The van der Waals surface area contributed by atoms with Crippen LogP contribution in [0.15, 0.2) is 5.16 Å². The molecule has 5 nitrogen and oxygen atoms in total. The fraction of sp³-hybridized carbons (Fsp3) is 0.200. The summed E-state index contributed by atoms with van der Waals surface area (Å²) in [4.78, 5) is 7.45. The number of halogens is 2. The molecule has 0 amide bonds. The van der Waals surface area contributed by atoms with E-state index in [1.54, 1.807) is 6.26 Å². The summed E-state index contributed by atoms with van der Waals surface area (Å²) < 4.78 is 0. The van der Waals surface area contributed by atoms with E-state index in [1.807, 2.05) is 0 Å². The maximum Gasteiger partial charge on any atom is 0.241 e. The molecule has 0 spiro atoms. The third-order valence-corrected chi connectivity index (χ3v) is 1.66. The lowest BCUT2D eigenvalue weighted by molar-refractivity contribution is 0.449. The molecule has 8 heteroatoms. The highest BCUT2D eigenvalue weighted by Crippen LogP contribution is 2.24. The van der Waals surface area contributed by atoms with Crippen molar-refractivity contribution in [1.29, 1.82) is 0 Å². The number of aromatic nitrogens is 2. The molecule has 0 saturated heterocycles. The number of hydrogen-bond acceptors (Lipinski definition) is 6. The van der Waals surface area contributed by atoms with E-state index in [2.05, 4.69) is 9.97 Å². The van der Waals surface area contributed by atoms with Crippen molar-refractivity contribution in [2.24, 2.45) is 0 Å². The molecule has 0 radical (unpaired) electrons. The summed E-state index contributed by atoms with van der Waals surface area (Å²) in [5.74, 6) is -0.149. The Morgan fingerprint density at radius 3 is 2.15 bits per heavy atom. The molecule has 0 aromatic carbocycles. The van der Waals surface area contributed by atoms with Gasteiger partial charge in [0.05, 0.1) is 0 Å². The van der Waals surface area contributed by atoms with Crippen molar-refractivity contribution >= 4 is 48.1 Å². The monoisotopic (exact) mass is 244 g/mol. The molecule has 0 aliphatic rings. The minimum Gasteiger partial charge on any atom is -0.492 e. The second-order valence-corrected chi connectivity index (χ2v) is 2.61. The first-order valence-electron chi connectivity index (χ1n) is 2.81. The summed E-state index contributed by atoms with van der Waals surface area (Å²) in [6, 6.07) is 0. The molecule has 1 aromatic rings. The van der Waals surface area contributed by atoms with E-state index in [-0.39, 0.29) is 42.2 Å². The number of nitrogens with zero attached hydrogens (tertiary/aromatic N) is 2. The largest absolute Gasteiger partial charge is 0.492 e. The van der Waals surface area contributed by atoms with Crippen molar-refractivity contribution in [2.75, 3.05) is 17.7 Å². The Bertz CT molecular complexity index is 262. The summed E-state index contributed by atoms with van der Waals surface area (Å²) in [6.07, 6.45) is 1.78. The maximum atomic E-state index is 9.04. The quantitative estimate of drug-likeness (QED) is 0.502. The zero-order chi connectivity index (χ0) is 8.43. The van der Waals surface area contributed by atoms with Gasteiger partial charge >= 0.3 is 0 Å². The van der Waals surface area contributed by atoms with Crippen molar-refractivity contribution in [3.63, 3.8) is 0 Å². The van der Waals surface area contributed by atoms with Gasteiger partial charge in [-0.2, -0.15) is 4.98 Å². The standard InChI is InChI=1S/C5H8N4OS.2ClH/c1-11-5-8-3(7)2(6)4(10)9-5;;/h6H2,1H3,(H3,7,8,9,10);2*1H. The van der Waals surface area contributed by atoms with Crippen LogP contribution in [0.4, 0.5) is 11.5 Å². The summed E-state index contributed by atoms with van der Waals surface area (Å²) in [7, 11) is 0.